The van der Waals surface area contributed by atoms with E-state index in [-0.39, 0.29) is 5.78 Å². The van der Waals surface area contributed by atoms with Crippen LogP contribution in [0, 0.1) is 6.92 Å². The highest BCUT2D eigenvalue weighted by Gasteiger charge is 2.06. The van der Waals surface area contributed by atoms with Gasteiger partial charge in [0, 0.05) is 13.5 Å². The van der Waals surface area contributed by atoms with Crippen molar-refractivity contribution in [3.8, 4) is 5.75 Å². The summed E-state index contributed by atoms with van der Waals surface area (Å²) >= 11 is 0. The van der Waals surface area contributed by atoms with Gasteiger partial charge in [0.2, 0.25) is 0 Å². The van der Waals surface area contributed by atoms with E-state index >= 15 is 0 Å². The minimum absolute atomic E-state index is 0.157. The summed E-state index contributed by atoms with van der Waals surface area (Å²) in [7, 11) is 3.45. The lowest BCUT2D eigenvalue weighted by atomic mass is 9.91. The largest absolute Gasteiger partial charge is 0.495 e. The molecule has 1 saturated carbocycles. The van der Waals surface area contributed by atoms with Gasteiger partial charge >= 0.3 is 0 Å². The van der Waals surface area contributed by atoms with Crippen molar-refractivity contribution in [2.75, 3.05) is 19.5 Å². The van der Waals surface area contributed by atoms with Gasteiger partial charge in [-0.3, -0.25) is 4.79 Å². The van der Waals surface area contributed by atoms with Gasteiger partial charge in [-0.2, -0.15) is 0 Å². The Kier molecular flexibility index (Phi) is 13.1. The fourth-order valence-corrected chi connectivity index (χ4v) is 3.28. The number of hydrogen-bond acceptors (Lipinski definition) is 3. The third kappa shape index (κ3) is 10.3. The molecule has 3 nitrogen and oxygen atoms in total. The number of rotatable bonds is 7. The molecule has 2 aromatic carbocycles. The van der Waals surface area contributed by atoms with Crippen molar-refractivity contribution in [2.45, 2.75) is 72.6 Å². The summed E-state index contributed by atoms with van der Waals surface area (Å²) < 4.78 is 5.18. The summed E-state index contributed by atoms with van der Waals surface area (Å²) in [6, 6.07) is 14.2. The van der Waals surface area contributed by atoms with Crippen LogP contribution in [0.5, 0.6) is 5.75 Å². The van der Waals surface area contributed by atoms with Gasteiger partial charge in [-0.25, -0.2) is 0 Å². The molecule has 1 aliphatic carbocycles. The van der Waals surface area contributed by atoms with Crippen LogP contribution < -0.4 is 10.1 Å². The van der Waals surface area contributed by atoms with Crippen LogP contribution in [0.15, 0.2) is 54.1 Å². The molecule has 0 spiro atoms. The number of unbranched alkanes of at least 4 members (excludes halogenated alkanes) is 1. The molecule has 1 N–H and O–H groups in total. The van der Waals surface area contributed by atoms with E-state index in [9.17, 15) is 4.79 Å². The summed E-state index contributed by atoms with van der Waals surface area (Å²) in [4.78, 5) is 10.9. The molecular formula is C28H41NO2. The zero-order valence-corrected chi connectivity index (χ0v) is 20.4. The maximum absolute atomic E-state index is 10.9. The molecule has 3 rings (SSSR count). The monoisotopic (exact) mass is 423 g/mol. The van der Waals surface area contributed by atoms with E-state index in [1.165, 1.54) is 43.2 Å². The summed E-state index contributed by atoms with van der Waals surface area (Å²) in [6.45, 7) is 8.15. The van der Waals surface area contributed by atoms with Crippen molar-refractivity contribution in [3.05, 3.63) is 70.8 Å². The number of ether oxygens (including phenoxy) is 1. The standard InChI is InChI=1S/C11H15NO2.C9H12.C8H14/c1-8(13)6-9-4-5-10(12-2)11(7-9)14-3;1-3-9-7-5-4-6-8(9)2;1-2-3-5-8-6-4-7-8/h4-5,7,12H,6H2,1-3H3;4-7H,3H2,1-2H3;5H,2-4,6-7H2,1H3. The molecular weight excluding hydrogens is 382 g/mol. The van der Waals surface area contributed by atoms with Gasteiger partial charge in [-0.05, 0) is 74.8 Å². The average molecular weight is 424 g/mol. The van der Waals surface area contributed by atoms with E-state index in [1.807, 2.05) is 25.2 Å². The van der Waals surface area contributed by atoms with Gasteiger partial charge in [0.15, 0.2) is 0 Å². The first-order chi connectivity index (χ1) is 14.9. The highest BCUT2D eigenvalue weighted by atomic mass is 16.5. The van der Waals surface area contributed by atoms with E-state index in [2.05, 4.69) is 56.4 Å². The number of hydrogen-bond donors (Lipinski definition) is 1. The summed E-state index contributed by atoms with van der Waals surface area (Å²) in [5, 5.41) is 3.02. The molecule has 0 amide bonds. The Labute approximate surface area is 189 Å². The zero-order valence-electron chi connectivity index (χ0n) is 20.4. The molecule has 0 aromatic heterocycles. The number of allylic oxidation sites excluding steroid dienone is 2. The molecule has 170 valence electrons. The molecule has 0 aliphatic heterocycles. The summed E-state index contributed by atoms with van der Waals surface area (Å²) in [5.74, 6) is 0.926. The number of carbonyl (C=O) groups excluding carboxylic acids is 1. The predicted molar refractivity (Wildman–Crippen MR) is 134 cm³/mol. The SMILES string of the molecule is CCCC=C1CCC1.CCc1ccccc1C.CNc1ccc(CC(C)=O)cc1OC. The lowest BCUT2D eigenvalue weighted by Gasteiger charge is -2.15. The number of aryl methyl sites for hydroxylation is 2. The van der Waals surface area contributed by atoms with E-state index in [4.69, 9.17) is 4.74 Å². The summed E-state index contributed by atoms with van der Waals surface area (Å²) in [6.07, 6.45) is 10.8. The van der Waals surface area contributed by atoms with Gasteiger partial charge in [0.25, 0.3) is 0 Å². The second kappa shape index (κ2) is 15.3. The molecule has 2 aromatic rings. The third-order valence-corrected chi connectivity index (χ3v) is 5.35. The number of nitrogens with one attached hydrogen (secondary N) is 1. The van der Waals surface area contributed by atoms with E-state index < -0.39 is 0 Å². The van der Waals surface area contributed by atoms with Crippen molar-refractivity contribution < 1.29 is 9.53 Å². The second-order valence-electron chi connectivity index (χ2n) is 7.95. The first-order valence-corrected chi connectivity index (χ1v) is 11.5. The lowest BCUT2D eigenvalue weighted by molar-refractivity contribution is -0.116. The number of ketones is 1. The molecule has 0 saturated heterocycles. The normalized spacial score (nSPS) is 11.7. The Balaban J connectivity index is 0.000000245. The van der Waals surface area contributed by atoms with Crippen LogP contribution in [0.4, 0.5) is 5.69 Å². The Morgan fingerprint density at radius 2 is 1.84 bits per heavy atom. The van der Waals surface area contributed by atoms with Crippen molar-refractivity contribution in [2.24, 2.45) is 0 Å². The minimum atomic E-state index is 0.157. The van der Waals surface area contributed by atoms with Gasteiger partial charge in [-0.1, -0.05) is 62.2 Å². The minimum Gasteiger partial charge on any atom is -0.495 e. The van der Waals surface area contributed by atoms with Crippen molar-refractivity contribution in [3.63, 3.8) is 0 Å². The molecule has 0 unspecified atom stereocenters. The van der Waals surface area contributed by atoms with Crippen LogP contribution >= 0.6 is 0 Å². The molecule has 0 heterocycles. The van der Waals surface area contributed by atoms with Gasteiger partial charge < -0.3 is 10.1 Å². The highest BCUT2D eigenvalue weighted by Crippen LogP contribution is 2.26. The van der Waals surface area contributed by atoms with Gasteiger partial charge in [0.05, 0.1) is 12.8 Å². The van der Waals surface area contributed by atoms with Crippen molar-refractivity contribution >= 4 is 11.5 Å². The van der Waals surface area contributed by atoms with Gasteiger partial charge in [0.1, 0.15) is 11.5 Å². The Bertz CT molecular complexity index is 818. The smallest absolute Gasteiger partial charge is 0.142 e. The number of carbonyl (C=O) groups is 1. The van der Waals surface area contributed by atoms with Crippen LogP contribution in [0.3, 0.4) is 0 Å². The quantitative estimate of drug-likeness (QED) is 0.474. The maximum Gasteiger partial charge on any atom is 0.142 e. The number of benzene rings is 2. The van der Waals surface area contributed by atoms with E-state index in [0.29, 0.717) is 6.42 Å². The molecule has 3 heteroatoms. The predicted octanol–water partition coefficient (Wildman–Crippen LogP) is 7.32. The fraction of sp³-hybridized carbons (Fsp3) is 0.464. The summed E-state index contributed by atoms with van der Waals surface area (Å²) in [5.41, 5.74) is 6.47. The Morgan fingerprint density at radius 3 is 2.29 bits per heavy atom. The average Bonchev–Trinajstić information content (AvgIpc) is 2.73. The van der Waals surface area contributed by atoms with Crippen LogP contribution in [-0.4, -0.2) is 19.9 Å². The van der Waals surface area contributed by atoms with Crippen LogP contribution in [0.1, 0.15) is 69.6 Å². The van der Waals surface area contributed by atoms with Crippen LogP contribution in [0.25, 0.3) is 0 Å². The molecule has 31 heavy (non-hydrogen) atoms. The van der Waals surface area contributed by atoms with E-state index in [0.717, 1.165) is 23.4 Å². The van der Waals surface area contributed by atoms with Crippen molar-refractivity contribution in [1.82, 2.24) is 0 Å². The lowest BCUT2D eigenvalue weighted by Crippen LogP contribution is -1.99. The zero-order chi connectivity index (χ0) is 23.1. The van der Waals surface area contributed by atoms with Crippen LogP contribution in [-0.2, 0) is 17.6 Å². The number of anilines is 1. The van der Waals surface area contributed by atoms with E-state index in [1.54, 1.807) is 19.6 Å². The Morgan fingerprint density at radius 1 is 1.13 bits per heavy atom. The molecule has 0 radical (unpaired) electrons. The number of methoxy groups -OCH3 is 1. The fourth-order valence-electron chi connectivity index (χ4n) is 3.28. The highest BCUT2D eigenvalue weighted by molar-refractivity contribution is 5.78. The first-order valence-electron chi connectivity index (χ1n) is 11.5. The second-order valence-corrected chi connectivity index (χ2v) is 7.95. The van der Waals surface area contributed by atoms with Gasteiger partial charge in [-0.15, -0.1) is 0 Å². The number of Topliss-reactive ketones (excluding diaryl/α,β-unsaturated/α-hetero) is 1. The first kappa shape index (κ1) is 26.5. The Hall–Kier alpha value is -2.55. The van der Waals surface area contributed by atoms with Crippen molar-refractivity contribution in [1.29, 1.82) is 0 Å². The molecule has 1 aliphatic rings. The molecule has 1 fully saturated rings. The van der Waals surface area contributed by atoms with Crippen LogP contribution in [0.2, 0.25) is 0 Å². The molecule has 0 bridgehead atoms. The third-order valence-electron chi connectivity index (χ3n) is 5.35. The molecule has 0 atom stereocenters. The maximum atomic E-state index is 10.9. The topological polar surface area (TPSA) is 38.3 Å².